The van der Waals surface area contributed by atoms with Crippen molar-refractivity contribution in [2.75, 3.05) is 4.90 Å². The molecular weight excluding hydrogens is 528 g/mol. The highest BCUT2D eigenvalue weighted by molar-refractivity contribution is 5.82. The van der Waals surface area contributed by atoms with E-state index in [9.17, 15) is 0 Å². The number of fused-ring (bicyclic) bond motifs is 2. The normalized spacial score (nSPS) is 13.9. The number of benzene rings is 5. The maximum atomic E-state index is 6.52. The molecule has 0 atom stereocenters. The number of hydrogen-bond acceptors (Lipinski definition) is 3. The van der Waals surface area contributed by atoms with Crippen LogP contribution in [0.15, 0.2) is 149 Å². The van der Waals surface area contributed by atoms with Crippen LogP contribution in [0.5, 0.6) is 5.75 Å². The molecule has 0 aliphatic carbocycles. The summed E-state index contributed by atoms with van der Waals surface area (Å²) in [5.74, 6) is 2.43. The van der Waals surface area contributed by atoms with E-state index in [0.717, 1.165) is 64.1 Å². The van der Waals surface area contributed by atoms with E-state index in [-0.39, 0.29) is 0 Å². The van der Waals surface area contributed by atoms with Crippen molar-refractivity contribution in [3.63, 3.8) is 0 Å². The van der Waals surface area contributed by atoms with E-state index in [1.807, 2.05) is 18.2 Å². The minimum Gasteiger partial charge on any atom is -0.438 e. The molecule has 1 aliphatic rings. The number of aromatic nitrogens is 1. The zero-order valence-corrected chi connectivity index (χ0v) is 24.4. The fourth-order valence-corrected chi connectivity index (χ4v) is 5.71. The smallest absolute Gasteiger partial charge is 0.374 e. The molecule has 0 spiro atoms. The van der Waals surface area contributed by atoms with E-state index in [0.29, 0.717) is 0 Å². The first-order valence-corrected chi connectivity index (χ1v) is 14.9. The SMILES string of the molecule is CCC(=Cc1oc2ccc(-c3ccccc3)cc2[n+]1CC)C=C1Oc2ccc(-c3ccccc3)cc2N1c1ccccc1. The molecule has 0 radical (unpaired) electrons. The molecule has 43 heavy (non-hydrogen) atoms. The molecule has 0 amide bonds. The highest BCUT2D eigenvalue weighted by Crippen LogP contribution is 2.46. The second-order valence-electron chi connectivity index (χ2n) is 10.6. The lowest BCUT2D eigenvalue weighted by Gasteiger charge is -2.19. The van der Waals surface area contributed by atoms with Gasteiger partial charge >= 0.3 is 5.89 Å². The summed E-state index contributed by atoms with van der Waals surface area (Å²) in [6.45, 7) is 5.12. The summed E-state index contributed by atoms with van der Waals surface area (Å²) in [6, 6.07) is 44.1. The van der Waals surface area contributed by atoms with Gasteiger partial charge in [0.05, 0.1) is 11.8 Å². The summed E-state index contributed by atoms with van der Waals surface area (Å²) in [5.41, 5.74) is 9.84. The van der Waals surface area contributed by atoms with Gasteiger partial charge in [-0.15, -0.1) is 0 Å². The summed E-state index contributed by atoms with van der Waals surface area (Å²) >= 11 is 0. The fourth-order valence-electron chi connectivity index (χ4n) is 5.71. The third-order valence-electron chi connectivity index (χ3n) is 7.94. The van der Waals surface area contributed by atoms with Gasteiger partial charge in [-0.05, 0) is 71.5 Å². The molecule has 7 rings (SSSR count). The molecule has 0 N–H and O–H groups in total. The molecular formula is C39H33N2O2+. The first kappa shape index (κ1) is 26.5. The molecule has 5 aromatic carbocycles. The molecule has 210 valence electrons. The predicted molar refractivity (Wildman–Crippen MR) is 175 cm³/mol. The molecule has 2 heterocycles. The second-order valence-corrected chi connectivity index (χ2v) is 10.6. The topological polar surface area (TPSA) is 29.5 Å². The van der Waals surface area contributed by atoms with E-state index < -0.39 is 0 Å². The van der Waals surface area contributed by atoms with E-state index in [1.54, 1.807) is 0 Å². The van der Waals surface area contributed by atoms with Gasteiger partial charge in [-0.3, -0.25) is 4.90 Å². The van der Waals surface area contributed by atoms with E-state index >= 15 is 0 Å². The lowest BCUT2D eigenvalue weighted by molar-refractivity contribution is -0.674. The fraction of sp³-hybridized carbons (Fsp3) is 0.103. The Labute approximate surface area is 252 Å². The van der Waals surface area contributed by atoms with Gasteiger partial charge in [0.2, 0.25) is 11.5 Å². The molecule has 0 unspecified atom stereocenters. The van der Waals surface area contributed by atoms with Gasteiger partial charge in [0.25, 0.3) is 5.52 Å². The van der Waals surface area contributed by atoms with Crippen molar-refractivity contribution in [2.45, 2.75) is 26.8 Å². The van der Waals surface area contributed by atoms with Crippen molar-refractivity contribution < 1.29 is 13.7 Å². The molecule has 6 aromatic rings. The van der Waals surface area contributed by atoms with Gasteiger partial charge in [-0.1, -0.05) is 97.9 Å². The van der Waals surface area contributed by atoms with Crippen LogP contribution in [0.2, 0.25) is 0 Å². The Morgan fingerprint density at radius 2 is 1.33 bits per heavy atom. The number of ether oxygens (including phenoxy) is 1. The maximum Gasteiger partial charge on any atom is 0.374 e. The largest absolute Gasteiger partial charge is 0.438 e. The van der Waals surface area contributed by atoms with Crippen LogP contribution in [-0.2, 0) is 6.54 Å². The second kappa shape index (κ2) is 11.5. The van der Waals surface area contributed by atoms with Crippen LogP contribution in [0.1, 0.15) is 26.2 Å². The first-order valence-electron chi connectivity index (χ1n) is 14.9. The van der Waals surface area contributed by atoms with Crippen LogP contribution in [0.3, 0.4) is 0 Å². The van der Waals surface area contributed by atoms with Crippen molar-refractivity contribution in [1.82, 2.24) is 0 Å². The summed E-state index contributed by atoms with van der Waals surface area (Å²) < 4.78 is 15.2. The van der Waals surface area contributed by atoms with Crippen LogP contribution in [0.4, 0.5) is 11.4 Å². The van der Waals surface area contributed by atoms with Gasteiger partial charge < -0.3 is 9.15 Å². The average molecular weight is 562 g/mol. The average Bonchev–Trinajstić information content (AvgIpc) is 3.61. The number of rotatable bonds is 7. The number of hydrogen-bond donors (Lipinski definition) is 0. The minimum absolute atomic E-state index is 0.769. The molecule has 0 saturated carbocycles. The number of anilines is 2. The number of nitrogens with zero attached hydrogens (tertiary/aromatic N) is 2. The van der Waals surface area contributed by atoms with E-state index in [4.69, 9.17) is 9.15 Å². The number of para-hydroxylation sites is 1. The summed E-state index contributed by atoms with van der Waals surface area (Å²) in [7, 11) is 0. The standard InChI is InChI=1S/C39H33N2O2/c1-3-28(24-38-40(4-2)34-26-31(20-22-36(34)42-38)29-14-8-5-9-15-29)25-39-41(33-18-12-7-13-19-33)35-27-32(21-23-37(35)43-39)30-16-10-6-11-17-30/h5-27H,3-4H2,1-2H3/q+1. The number of aryl methyl sites for hydroxylation is 1. The van der Waals surface area contributed by atoms with Crippen molar-refractivity contribution in [1.29, 1.82) is 0 Å². The molecule has 1 aromatic heterocycles. The number of allylic oxidation sites excluding steroid dienone is 2. The van der Waals surface area contributed by atoms with Gasteiger partial charge in [0.1, 0.15) is 6.54 Å². The Kier molecular flexibility index (Phi) is 7.10. The zero-order valence-electron chi connectivity index (χ0n) is 24.4. The van der Waals surface area contributed by atoms with Crippen molar-refractivity contribution in [3.05, 3.63) is 151 Å². The Morgan fingerprint density at radius 3 is 1.98 bits per heavy atom. The lowest BCUT2D eigenvalue weighted by Crippen LogP contribution is -2.33. The third kappa shape index (κ3) is 5.13. The van der Waals surface area contributed by atoms with Crippen molar-refractivity contribution >= 4 is 28.6 Å². The molecule has 4 nitrogen and oxygen atoms in total. The monoisotopic (exact) mass is 561 g/mol. The summed E-state index contributed by atoms with van der Waals surface area (Å²) in [5, 5.41) is 0. The molecule has 0 fully saturated rings. The lowest BCUT2D eigenvalue weighted by atomic mass is 10.0. The van der Waals surface area contributed by atoms with Crippen molar-refractivity contribution in [2.24, 2.45) is 0 Å². The van der Waals surface area contributed by atoms with Gasteiger partial charge in [0, 0.05) is 17.8 Å². The third-order valence-corrected chi connectivity index (χ3v) is 7.94. The van der Waals surface area contributed by atoms with Crippen molar-refractivity contribution in [3.8, 4) is 28.0 Å². The van der Waals surface area contributed by atoms with Gasteiger partial charge in [0.15, 0.2) is 5.75 Å². The molecule has 0 bridgehead atoms. The molecule has 0 saturated heterocycles. The first-order chi connectivity index (χ1) is 21.2. The minimum atomic E-state index is 0.769. The van der Waals surface area contributed by atoms with Crippen LogP contribution in [0.25, 0.3) is 39.4 Å². The predicted octanol–water partition coefficient (Wildman–Crippen LogP) is 9.94. The maximum absolute atomic E-state index is 6.52. The highest BCUT2D eigenvalue weighted by atomic mass is 16.5. The summed E-state index contributed by atoms with van der Waals surface area (Å²) in [4.78, 5) is 2.20. The highest BCUT2D eigenvalue weighted by Gasteiger charge is 2.29. The zero-order chi connectivity index (χ0) is 29.2. The van der Waals surface area contributed by atoms with Crippen LogP contribution >= 0.6 is 0 Å². The van der Waals surface area contributed by atoms with Gasteiger partial charge in [-0.25, -0.2) is 0 Å². The van der Waals surface area contributed by atoms with Gasteiger partial charge in [-0.2, -0.15) is 4.57 Å². The Bertz CT molecular complexity index is 1960. The molecule has 1 aliphatic heterocycles. The Balaban J connectivity index is 1.30. The Morgan fingerprint density at radius 1 is 0.698 bits per heavy atom. The summed E-state index contributed by atoms with van der Waals surface area (Å²) in [6.07, 6.45) is 5.10. The van der Waals surface area contributed by atoms with Crippen LogP contribution in [0, 0.1) is 0 Å². The van der Waals surface area contributed by atoms with E-state index in [1.165, 1.54) is 16.7 Å². The Hall–Kier alpha value is -5.35. The quantitative estimate of drug-likeness (QED) is 0.182. The van der Waals surface area contributed by atoms with Crippen LogP contribution < -0.4 is 14.2 Å². The number of oxazole rings is 1. The van der Waals surface area contributed by atoms with Crippen LogP contribution in [-0.4, -0.2) is 0 Å². The van der Waals surface area contributed by atoms with E-state index in [2.05, 4.69) is 145 Å². The molecule has 4 heteroatoms.